The van der Waals surface area contributed by atoms with Crippen LogP contribution in [0.25, 0.3) is 0 Å². The van der Waals surface area contributed by atoms with E-state index in [1.54, 1.807) is 0 Å². The van der Waals surface area contributed by atoms with Crippen molar-refractivity contribution in [2.75, 3.05) is 0 Å². The first-order valence-electron chi connectivity index (χ1n) is 10.8. The van der Waals surface area contributed by atoms with E-state index < -0.39 is 8.24 Å². The topological polar surface area (TPSA) is 30.7 Å². The van der Waals surface area contributed by atoms with E-state index >= 15 is 0 Å². The highest BCUT2D eigenvalue weighted by atomic mass is 28.3. The molecule has 0 unspecified atom stereocenters. The van der Waals surface area contributed by atoms with Gasteiger partial charge in [-0.15, -0.1) is 0 Å². The Bertz CT molecular complexity index is 437. The highest BCUT2D eigenvalue weighted by Crippen LogP contribution is 2.56. The smallest absolute Gasteiger partial charge is 0.196 e. The number of aromatic nitrogens is 3. The van der Waals surface area contributed by atoms with Gasteiger partial charge in [0.1, 0.15) is 12.7 Å². The van der Waals surface area contributed by atoms with E-state index in [9.17, 15) is 0 Å². The van der Waals surface area contributed by atoms with Crippen molar-refractivity contribution in [1.29, 1.82) is 0 Å². The number of rotatable bonds is 4. The second-order valence-electron chi connectivity index (χ2n) is 8.73. The Morgan fingerprint density at radius 3 is 1.38 bits per heavy atom. The summed E-state index contributed by atoms with van der Waals surface area (Å²) in [5.74, 6) is 0. The van der Waals surface area contributed by atoms with Crippen molar-refractivity contribution in [1.82, 2.24) is 14.4 Å². The summed E-state index contributed by atoms with van der Waals surface area (Å²) >= 11 is 0. The minimum absolute atomic E-state index is 0.971. The minimum atomic E-state index is -1.67. The molecule has 1 heterocycles. The molecule has 0 N–H and O–H groups in total. The van der Waals surface area contributed by atoms with E-state index in [1.807, 2.05) is 6.33 Å². The summed E-state index contributed by atoms with van der Waals surface area (Å²) in [4.78, 5) is 4.46. The quantitative estimate of drug-likeness (QED) is 0.620. The highest BCUT2D eigenvalue weighted by molar-refractivity contribution is 6.82. The Kier molecular flexibility index (Phi) is 5.40. The summed E-state index contributed by atoms with van der Waals surface area (Å²) in [6, 6.07) is 0. The Labute approximate surface area is 148 Å². The average molecular weight is 346 g/mol. The van der Waals surface area contributed by atoms with Crippen molar-refractivity contribution in [3.8, 4) is 0 Å². The summed E-state index contributed by atoms with van der Waals surface area (Å²) in [5, 5.41) is 4.88. The number of nitrogens with zero attached hydrogens (tertiary/aromatic N) is 3. The van der Waals surface area contributed by atoms with Crippen molar-refractivity contribution < 1.29 is 0 Å². The summed E-state index contributed by atoms with van der Waals surface area (Å²) in [6.07, 6.45) is 26.1. The van der Waals surface area contributed by atoms with Crippen LogP contribution in [0.4, 0.5) is 0 Å². The van der Waals surface area contributed by atoms with Crippen molar-refractivity contribution in [3.05, 3.63) is 12.7 Å². The predicted octanol–water partition coefficient (Wildman–Crippen LogP) is 6.07. The second-order valence-corrected chi connectivity index (χ2v) is 13.4. The molecular weight excluding hydrogens is 310 g/mol. The fourth-order valence-electron chi connectivity index (χ4n) is 6.66. The molecule has 0 spiro atoms. The van der Waals surface area contributed by atoms with Gasteiger partial charge in [-0.1, -0.05) is 96.3 Å². The molecule has 0 bridgehead atoms. The SMILES string of the molecule is c1ncn([Si](C2CCCCC2)(C2CCCCC2)C2CCCCC2)n1. The standard InChI is InChI=1S/C20H35N3Si/c1-4-10-18(11-5-1)24(23-17-21-16-22-23,19-12-6-2-7-13-19)20-14-8-3-9-15-20/h16-20H,1-15H2. The normalized spacial score (nSPS) is 25.8. The zero-order valence-electron chi connectivity index (χ0n) is 15.3. The summed E-state index contributed by atoms with van der Waals surface area (Å²) in [7, 11) is -1.67. The first kappa shape index (κ1) is 16.8. The maximum Gasteiger partial charge on any atom is 0.196 e. The Morgan fingerprint density at radius 2 is 1.04 bits per heavy atom. The fraction of sp³-hybridized carbons (Fsp3) is 0.900. The lowest BCUT2D eigenvalue weighted by molar-refractivity contribution is 0.402. The van der Waals surface area contributed by atoms with E-state index in [-0.39, 0.29) is 0 Å². The zero-order chi connectivity index (χ0) is 16.2. The molecule has 0 saturated heterocycles. The van der Waals surface area contributed by atoms with E-state index in [0.717, 1.165) is 16.6 Å². The molecule has 3 saturated carbocycles. The van der Waals surface area contributed by atoms with E-state index in [1.165, 1.54) is 96.3 Å². The largest absolute Gasteiger partial charge is 0.282 e. The van der Waals surface area contributed by atoms with Gasteiger partial charge < -0.3 is 0 Å². The molecule has 0 aliphatic heterocycles. The van der Waals surface area contributed by atoms with Gasteiger partial charge in [-0.2, -0.15) is 5.10 Å². The van der Waals surface area contributed by atoms with Gasteiger partial charge in [-0.05, 0) is 16.6 Å². The van der Waals surface area contributed by atoms with Crippen LogP contribution in [0.15, 0.2) is 12.7 Å². The van der Waals surface area contributed by atoms with E-state index in [2.05, 4.69) is 15.7 Å². The lowest BCUT2D eigenvalue weighted by Gasteiger charge is -2.52. The molecule has 0 aromatic carbocycles. The molecular formula is C20H35N3Si. The van der Waals surface area contributed by atoms with Crippen molar-refractivity contribution in [2.24, 2.45) is 0 Å². The molecule has 1 aromatic heterocycles. The average Bonchev–Trinajstić information content (AvgIpc) is 3.20. The third kappa shape index (κ3) is 3.00. The Morgan fingerprint density at radius 1 is 0.625 bits per heavy atom. The van der Waals surface area contributed by atoms with E-state index in [4.69, 9.17) is 5.10 Å². The van der Waals surface area contributed by atoms with Crippen molar-refractivity contribution in [3.63, 3.8) is 0 Å². The zero-order valence-corrected chi connectivity index (χ0v) is 16.3. The van der Waals surface area contributed by atoms with Gasteiger partial charge in [0.25, 0.3) is 0 Å². The van der Waals surface area contributed by atoms with Crippen LogP contribution in [0, 0.1) is 0 Å². The van der Waals surface area contributed by atoms with Crippen molar-refractivity contribution in [2.45, 2.75) is 113 Å². The van der Waals surface area contributed by atoms with Crippen LogP contribution in [-0.4, -0.2) is 22.7 Å². The maximum atomic E-state index is 4.88. The monoisotopic (exact) mass is 345 g/mol. The van der Waals surface area contributed by atoms with Gasteiger partial charge in [0.15, 0.2) is 8.24 Å². The summed E-state index contributed by atoms with van der Waals surface area (Å²) in [6.45, 7) is 0. The van der Waals surface area contributed by atoms with Crippen LogP contribution in [0.5, 0.6) is 0 Å². The molecule has 0 amide bonds. The maximum absolute atomic E-state index is 4.88. The van der Waals surface area contributed by atoms with Gasteiger partial charge in [0, 0.05) is 0 Å². The minimum Gasteiger partial charge on any atom is -0.282 e. The lowest BCUT2D eigenvalue weighted by Crippen LogP contribution is -2.57. The third-order valence-electron chi connectivity index (χ3n) is 7.59. The summed E-state index contributed by atoms with van der Waals surface area (Å²) in [5.41, 5.74) is 2.91. The first-order chi connectivity index (χ1) is 11.9. The van der Waals surface area contributed by atoms with Crippen LogP contribution >= 0.6 is 0 Å². The molecule has 4 rings (SSSR count). The third-order valence-corrected chi connectivity index (χ3v) is 14.3. The Hall–Kier alpha value is -0.643. The lowest BCUT2D eigenvalue weighted by atomic mass is 9.98. The molecule has 3 aliphatic carbocycles. The number of hydrogen-bond donors (Lipinski definition) is 0. The molecule has 4 heteroatoms. The fourth-order valence-corrected chi connectivity index (χ4v) is 14.3. The molecule has 3 nitrogen and oxygen atoms in total. The van der Waals surface area contributed by atoms with Crippen LogP contribution < -0.4 is 0 Å². The second kappa shape index (κ2) is 7.71. The molecule has 3 fully saturated rings. The van der Waals surface area contributed by atoms with E-state index in [0.29, 0.717) is 0 Å². The molecule has 24 heavy (non-hydrogen) atoms. The highest BCUT2D eigenvalue weighted by Gasteiger charge is 2.55. The van der Waals surface area contributed by atoms with Crippen LogP contribution in [0.2, 0.25) is 16.6 Å². The van der Waals surface area contributed by atoms with Crippen LogP contribution in [0.1, 0.15) is 96.3 Å². The summed E-state index contributed by atoms with van der Waals surface area (Å²) < 4.78 is 2.54. The Balaban J connectivity index is 1.77. The van der Waals surface area contributed by atoms with Crippen molar-refractivity contribution >= 4 is 8.24 Å². The number of hydrogen-bond acceptors (Lipinski definition) is 2. The molecule has 134 valence electrons. The van der Waals surface area contributed by atoms with Crippen LogP contribution in [-0.2, 0) is 0 Å². The molecule has 0 radical (unpaired) electrons. The molecule has 0 atom stereocenters. The van der Waals surface area contributed by atoms with Gasteiger partial charge >= 0.3 is 0 Å². The van der Waals surface area contributed by atoms with Gasteiger partial charge in [-0.3, -0.25) is 4.35 Å². The first-order valence-corrected chi connectivity index (χ1v) is 13.0. The van der Waals surface area contributed by atoms with Gasteiger partial charge in [0.2, 0.25) is 0 Å². The predicted molar refractivity (Wildman–Crippen MR) is 102 cm³/mol. The molecule has 3 aliphatic rings. The van der Waals surface area contributed by atoms with Gasteiger partial charge in [0.05, 0.1) is 0 Å². The van der Waals surface area contributed by atoms with Gasteiger partial charge in [-0.25, -0.2) is 4.98 Å². The van der Waals surface area contributed by atoms with Crippen LogP contribution in [0.3, 0.4) is 0 Å². The molecule has 1 aromatic rings.